The summed E-state index contributed by atoms with van der Waals surface area (Å²) in [7, 11) is 0. The summed E-state index contributed by atoms with van der Waals surface area (Å²) in [4.78, 5) is 0. The van der Waals surface area contributed by atoms with Gasteiger partial charge >= 0.3 is 0 Å². The van der Waals surface area contributed by atoms with Crippen molar-refractivity contribution in [2.24, 2.45) is 5.73 Å². The number of nitrogens with two attached hydrogens (primary N) is 1. The third kappa shape index (κ3) is 2.22. The summed E-state index contributed by atoms with van der Waals surface area (Å²) < 4.78 is 10.3. The normalized spacial score (nSPS) is 43.9. The molecule has 0 radical (unpaired) electrons. The molecule has 1 saturated heterocycles. The van der Waals surface area contributed by atoms with Gasteiger partial charge in [-0.05, 0) is 6.92 Å². The maximum absolute atomic E-state index is 9.50. The van der Waals surface area contributed by atoms with Gasteiger partial charge in [0, 0.05) is 6.61 Å². The number of aliphatic hydroxyl groups is 3. The molecular formula is C8H17NO5. The van der Waals surface area contributed by atoms with E-state index in [9.17, 15) is 10.2 Å². The molecule has 0 spiro atoms. The fourth-order valence-corrected chi connectivity index (χ4v) is 1.42. The Morgan fingerprint density at radius 1 is 1.36 bits per heavy atom. The molecule has 1 rings (SSSR count). The second-order valence-corrected chi connectivity index (χ2v) is 3.24. The predicted molar refractivity (Wildman–Crippen MR) is 47.4 cm³/mol. The minimum atomic E-state index is -1.17. The molecule has 0 aromatic heterocycles. The summed E-state index contributed by atoms with van der Waals surface area (Å²) in [6.45, 7) is 1.77. The molecule has 1 aliphatic rings. The fraction of sp³-hybridized carbons (Fsp3) is 1.00. The van der Waals surface area contributed by atoms with Crippen molar-refractivity contribution in [3.63, 3.8) is 0 Å². The van der Waals surface area contributed by atoms with Crippen LogP contribution in [0.15, 0.2) is 0 Å². The average molecular weight is 207 g/mol. The standard InChI is InChI=1S/C8H17NO5/c1-2-13-8-5(9)7(12)6(11)4(3-10)14-8/h4-8,10-12H,2-3,9H2,1H3/t4?,5?,6-,7-,8-/m1/s1. The molecule has 6 nitrogen and oxygen atoms in total. The van der Waals surface area contributed by atoms with Crippen LogP contribution in [0.5, 0.6) is 0 Å². The van der Waals surface area contributed by atoms with Crippen molar-refractivity contribution in [1.82, 2.24) is 0 Å². The minimum Gasteiger partial charge on any atom is -0.394 e. The molecule has 84 valence electrons. The lowest BCUT2D eigenvalue weighted by Crippen LogP contribution is -2.62. The van der Waals surface area contributed by atoms with Crippen LogP contribution in [0.25, 0.3) is 0 Å². The van der Waals surface area contributed by atoms with E-state index in [1.54, 1.807) is 6.92 Å². The van der Waals surface area contributed by atoms with Crippen molar-refractivity contribution >= 4 is 0 Å². The van der Waals surface area contributed by atoms with Crippen LogP contribution in [0.3, 0.4) is 0 Å². The van der Waals surface area contributed by atoms with Crippen molar-refractivity contribution in [3.05, 3.63) is 0 Å². The van der Waals surface area contributed by atoms with E-state index >= 15 is 0 Å². The Hall–Kier alpha value is -0.240. The van der Waals surface area contributed by atoms with E-state index < -0.39 is 30.6 Å². The molecule has 0 aromatic carbocycles. The number of hydrogen-bond acceptors (Lipinski definition) is 6. The molecule has 0 aliphatic carbocycles. The Balaban J connectivity index is 2.63. The van der Waals surface area contributed by atoms with Crippen LogP contribution < -0.4 is 5.73 Å². The Kier molecular flexibility index (Phi) is 4.24. The first-order valence-electron chi connectivity index (χ1n) is 4.61. The molecule has 0 aromatic rings. The van der Waals surface area contributed by atoms with Gasteiger partial charge in [-0.15, -0.1) is 0 Å². The third-order valence-electron chi connectivity index (χ3n) is 2.26. The molecule has 1 heterocycles. The monoisotopic (exact) mass is 207 g/mol. The maximum Gasteiger partial charge on any atom is 0.175 e. The van der Waals surface area contributed by atoms with Crippen LogP contribution in [0.2, 0.25) is 0 Å². The van der Waals surface area contributed by atoms with E-state index in [0.717, 1.165) is 0 Å². The van der Waals surface area contributed by atoms with Gasteiger partial charge < -0.3 is 30.5 Å². The highest BCUT2D eigenvalue weighted by molar-refractivity contribution is 4.91. The summed E-state index contributed by atoms with van der Waals surface area (Å²) in [5, 5.41) is 27.8. The molecule has 5 N–H and O–H groups in total. The van der Waals surface area contributed by atoms with Gasteiger partial charge in [0.15, 0.2) is 6.29 Å². The van der Waals surface area contributed by atoms with Gasteiger partial charge in [-0.3, -0.25) is 0 Å². The fourth-order valence-electron chi connectivity index (χ4n) is 1.42. The number of rotatable bonds is 3. The summed E-state index contributed by atoms with van der Waals surface area (Å²) in [5.41, 5.74) is 5.57. The van der Waals surface area contributed by atoms with Gasteiger partial charge in [-0.2, -0.15) is 0 Å². The first-order valence-corrected chi connectivity index (χ1v) is 4.61. The molecule has 2 unspecified atom stereocenters. The molecule has 1 aliphatic heterocycles. The molecule has 14 heavy (non-hydrogen) atoms. The average Bonchev–Trinajstić information content (AvgIpc) is 2.19. The topological polar surface area (TPSA) is 105 Å². The molecule has 0 amide bonds. The zero-order valence-electron chi connectivity index (χ0n) is 8.04. The summed E-state index contributed by atoms with van der Waals surface area (Å²) in [5.74, 6) is 0. The molecular weight excluding hydrogens is 190 g/mol. The van der Waals surface area contributed by atoms with Gasteiger partial charge in [-0.1, -0.05) is 0 Å². The van der Waals surface area contributed by atoms with E-state index in [0.29, 0.717) is 6.61 Å². The quantitative estimate of drug-likeness (QED) is 0.418. The minimum absolute atomic E-state index is 0.380. The van der Waals surface area contributed by atoms with Gasteiger partial charge in [0.1, 0.15) is 18.3 Å². The van der Waals surface area contributed by atoms with E-state index in [-0.39, 0.29) is 6.61 Å². The summed E-state index contributed by atoms with van der Waals surface area (Å²) in [6.07, 6.45) is -3.94. The molecule has 5 atom stereocenters. The maximum atomic E-state index is 9.50. The van der Waals surface area contributed by atoms with Gasteiger partial charge in [0.05, 0.1) is 12.6 Å². The lowest BCUT2D eigenvalue weighted by Gasteiger charge is -2.40. The predicted octanol–water partition coefficient (Wildman–Crippen LogP) is -2.21. The SMILES string of the molecule is CCO[C@@H]1OC(CO)[C@@H](O)[C@H](O)C1N. The smallest absolute Gasteiger partial charge is 0.175 e. The van der Waals surface area contributed by atoms with Crippen molar-refractivity contribution in [2.45, 2.75) is 37.6 Å². The number of hydrogen-bond donors (Lipinski definition) is 4. The zero-order valence-corrected chi connectivity index (χ0v) is 8.04. The van der Waals surface area contributed by atoms with Crippen molar-refractivity contribution in [3.8, 4) is 0 Å². The first kappa shape index (κ1) is 11.8. The second kappa shape index (κ2) is 5.01. The largest absolute Gasteiger partial charge is 0.394 e. The van der Waals surface area contributed by atoms with E-state index in [1.165, 1.54) is 0 Å². The van der Waals surface area contributed by atoms with Crippen LogP contribution in [-0.2, 0) is 9.47 Å². The van der Waals surface area contributed by atoms with E-state index in [4.69, 9.17) is 20.3 Å². The molecule has 6 heteroatoms. The van der Waals surface area contributed by atoms with Crippen molar-refractivity contribution in [1.29, 1.82) is 0 Å². The van der Waals surface area contributed by atoms with Crippen LogP contribution in [0.4, 0.5) is 0 Å². The summed E-state index contributed by atoms with van der Waals surface area (Å²) in [6, 6.07) is -0.798. The zero-order chi connectivity index (χ0) is 10.7. The number of aliphatic hydroxyl groups excluding tert-OH is 3. The van der Waals surface area contributed by atoms with Crippen LogP contribution >= 0.6 is 0 Å². The van der Waals surface area contributed by atoms with E-state index in [2.05, 4.69) is 0 Å². The highest BCUT2D eigenvalue weighted by Crippen LogP contribution is 2.20. The molecule has 0 saturated carbocycles. The Morgan fingerprint density at radius 2 is 2.00 bits per heavy atom. The lowest BCUT2D eigenvalue weighted by atomic mass is 9.98. The van der Waals surface area contributed by atoms with Gasteiger partial charge in [0.25, 0.3) is 0 Å². The van der Waals surface area contributed by atoms with Crippen molar-refractivity contribution < 1.29 is 24.8 Å². The van der Waals surface area contributed by atoms with Gasteiger partial charge in [0.2, 0.25) is 0 Å². The summed E-state index contributed by atoms with van der Waals surface area (Å²) >= 11 is 0. The number of ether oxygens (including phenoxy) is 2. The first-order chi connectivity index (χ1) is 6.61. The van der Waals surface area contributed by atoms with Crippen LogP contribution in [0, 0.1) is 0 Å². The van der Waals surface area contributed by atoms with Crippen LogP contribution in [-0.4, -0.2) is 59.2 Å². The Morgan fingerprint density at radius 3 is 2.50 bits per heavy atom. The van der Waals surface area contributed by atoms with E-state index in [1.807, 2.05) is 0 Å². The molecule has 0 bridgehead atoms. The lowest BCUT2D eigenvalue weighted by molar-refractivity contribution is -0.264. The Bertz CT molecular complexity index is 175. The second-order valence-electron chi connectivity index (χ2n) is 3.24. The highest BCUT2D eigenvalue weighted by Gasteiger charge is 2.42. The Labute approximate surface area is 82.2 Å². The molecule has 1 fully saturated rings. The van der Waals surface area contributed by atoms with Gasteiger partial charge in [-0.25, -0.2) is 0 Å². The third-order valence-corrected chi connectivity index (χ3v) is 2.26. The highest BCUT2D eigenvalue weighted by atomic mass is 16.7. The van der Waals surface area contributed by atoms with Crippen molar-refractivity contribution in [2.75, 3.05) is 13.2 Å². The van der Waals surface area contributed by atoms with Crippen LogP contribution in [0.1, 0.15) is 6.92 Å².